The number of carbonyl (C=O) groups excluding carboxylic acids is 3. The normalized spacial score (nSPS) is 13.2. The molecule has 3 amide bonds. The van der Waals surface area contributed by atoms with Gasteiger partial charge in [-0.15, -0.1) is 13.2 Å². The Morgan fingerprint density at radius 2 is 1.60 bits per heavy atom. The van der Waals surface area contributed by atoms with Gasteiger partial charge in [0, 0.05) is 11.8 Å². The van der Waals surface area contributed by atoms with E-state index in [0.29, 0.717) is 9.80 Å². The molecule has 0 atom stereocenters. The van der Waals surface area contributed by atoms with Gasteiger partial charge in [0.15, 0.2) is 0 Å². The summed E-state index contributed by atoms with van der Waals surface area (Å²) in [7, 11) is 0. The fraction of sp³-hybridized carbons (Fsp3) is 0.158. The van der Waals surface area contributed by atoms with Gasteiger partial charge >= 0.3 is 12.3 Å². The second-order valence-corrected chi connectivity index (χ2v) is 6.16. The molecule has 0 aromatic heterocycles. The Hall–Kier alpha value is -3.89. The molecule has 0 radical (unpaired) electrons. The van der Waals surface area contributed by atoms with Crippen molar-refractivity contribution in [1.82, 2.24) is 4.90 Å². The monoisotopic (exact) mass is 422 g/mol. The maximum Gasteiger partial charge on any atom is 0.573 e. The Balaban J connectivity index is 1.86. The van der Waals surface area contributed by atoms with Gasteiger partial charge in [-0.2, -0.15) is 0 Å². The van der Waals surface area contributed by atoms with Crippen molar-refractivity contribution in [2.24, 2.45) is 0 Å². The van der Waals surface area contributed by atoms with Crippen molar-refractivity contribution in [2.45, 2.75) is 6.36 Å². The zero-order valence-electron chi connectivity index (χ0n) is 15.0. The van der Waals surface area contributed by atoms with Crippen molar-refractivity contribution in [2.75, 3.05) is 18.0 Å². The highest BCUT2D eigenvalue weighted by Gasteiger charge is 2.37. The van der Waals surface area contributed by atoms with Crippen molar-refractivity contribution < 1.29 is 42.2 Å². The van der Waals surface area contributed by atoms with E-state index < -0.39 is 48.9 Å². The van der Waals surface area contributed by atoms with Crippen LogP contribution in [0.15, 0.2) is 48.5 Å². The first kappa shape index (κ1) is 20.8. The Kier molecular flexibility index (Phi) is 5.45. The third-order valence-corrected chi connectivity index (χ3v) is 4.13. The van der Waals surface area contributed by atoms with Gasteiger partial charge in [0.2, 0.25) is 5.91 Å². The SMILES string of the molecule is O=C(O)CN(C(=O)CN1C(=O)c2ccccc2C1=O)c1cccc(OC(F)(F)F)c1. The minimum absolute atomic E-state index is 0.0978. The molecule has 0 saturated heterocycles. The van der Waals surface area contributed by atoms with Crippen molar-refractivity contribution >= 4 is 29.4 Å². The molecule has 1 heterocycles. The van der Waals surface area contributed by atoms with Crippen LogP contribution in [0.3, 0.4) is 0 Å². The molecule has 2 aromatic rings. The zero-order valence-corrected chi connectivity index (χ0v) is 15.0. The molecule has 2 aromatic carbocycles. The smallest absolute Gasteiger partial charge is 0.480 e. The summed E-state index contributed by atoms with van der Waals surface area (Å²) < 4.78 is 41.1. The molecule has 0 unspecified atom stereocenters. The predicted octanol–water partition coefficient (Wildman–Crippen LogP) is 2.30. The fourth-order valence-corrected chi connectivity index (χ4v) is 2.91. The summed E-state index contributed by atoms with van der Waals surface area (Å²) in [6.07, 6.45) is -4.99. The lowest BCUT2D eigenvalue weighted by atomic mass is 10.1. The minimum atomic E-state index is -4.99. The number of amides is 3. The number of carbonyl (C=O) groups is 4. The maximum absolute atomic E-state index is 12.7. The number of benzene rings is 2. The Morgan fingerprint density at radius 1 is 1.00 bits per heavy atom. The average molecular weight is 422 g/mol. The van der Waals surface area contributed by atoms with Crippen LogP contribution in [0.1, 0.15) is 20.7 Å². The van der Waals surface area contributed by atoms with Gasteiger partial charge in [-0.25, -0.2) is 0 Å². The molecule has 0 aliphatic carbocycles. The van der Waals surface area contributed by atoms with Crippen LogP contribution in [0.25, 0.3) is 0 Å². The van der Waals surface area contributed by atoms with E-state index in [1.807, 2.05) is 0 Å². The van der Waals surface area contributed by atoms with E-state index in [9.17, 15) is 32.3 Å². The molecular formula is C19H13F3N2O6. The van der Waals surface area contributed by atoms with Gasteiger partial charge in [-0.05, 0) is 24.3 Å². The van der Waals surface area contributed by atoms with E-state index in [4.69, 9.17) is 5.11 Å². The van der Waals surface area contributed by atoms with Crippen LogP contribution in [0.4, 0.5) is 18.9 Å². The molecule has 0 fully saturated rings. The standard InChI is InChI=1S/C19H13F3N2O6/c20-19(21,22)30-12-5-3-4-11(8-12)23(10-16(26)27)15(25)9-24-17(28)13-6-1-2-7-14(13)18(24)29/h1-8H,9-10H2,(H,26,27). The summed E-state index contributed by atoms with van der Waals surface area (Å²) >= 11 is 0. The summed E-state index contributed by atoms with van der Waals surface area (Å²) in [5.74, 6) is -4.55. The van der Waals surface area contributed by atoms with Crippen molar-refractivity contribution in [1.29, 1.82) is 0 Å². The van der Waals surface area contributed by atoms with Crippen LogP contribution in [-0.4, -0.2) is 53.1 Å². The number of hydrogen-bond donors (Lipinski definition) is 1. The number of carboxylic acids is 1. The molecule has 30 heavy (non-hydrogen) atoms. The number of nitrogens with zero attached hydrogens (tertiary/aromatic N) is 2. The molecule has 0 bridgehead atoms. The summed E-state index contributed by atoms with van der Waals surface area (Å²) in [4.78, 5) is 50.0. The van der Waals surface area contributed by atoms with Gasteiger partial charge in [-0.1, -0.05) is 18.2 Å². The Morgan fingerprint density at radius 3 is 2.13 bits per heavy atom. The van der Waals surface area contributed by atoms with Crippen LogP contribution < -0.4 is 9.64 Å². The average Bonchev–Trinajstić information content (AvgIpc) is 2.90. The number of ether oxygens (including phenoxy) is 1. The number of alkyl halides is 3. The molecule has 8 nitrogen and oxygen atoms in total. The van der Waals surface area contributed by atoms with E-state index in [2.05, 4.69) is 4.74 Å². The molecule has 0 spiro atoms. The lowest BCUT2D eigenvalue weighted by Gasteiger charge is -2.24. The van der Waals surface area contributed by atoms with E-state index in [-0.39, 0.29) is 16.8 Å². The summed E-state index contributed by atoms with van der Waals surface area (Å²) in [5, 5.41) is 9.10. The molecule has 11 heteroatoms. The van der Waals surface area contributed by atoms with Crippen LogP contribution in [0.5, 0.6) is 5.75 Å². The van der Waals surface area contributed by atoms with E-state index in [0.717, 1.165) is 18.2 Å². The van der Waals surface area contributed by atoms with E-state index in [1.165, 1.54) is 30.3 Å². The van der Waals surface area contributed by atoms with Crippen LogP contribution >= 0.6 is 0 Å². The maximum atomic E-state index is 12.7. The molecule has 1 aliphatic rings. The molecule has 1 aliphatic heterocycles. The first-order valence-electron chi connectivity index (χ1n) is 8.40. The van der Waals surface area contributed by atoms with Crippen molar-refractivity contribution in [3.63, 3.8) is 0 Å². The second-order valence-electron chi connectivity index (χ2n) is 6.16. The first-order chi connectivity index (χ1) is 14.1. The molecule has 1 N–H and O–H groups in total. The van der Waals surface area contributed by atoms with Crippen molar-refractivity contribution in [3.8, 4) is 5.75 Å². The molecule has 3 rings (SSSR count). The fourth-order valence-electron chi connectivity index (χ4n) is 2.91. The van der Waals surface area contributed by atoms with Gasteiger partial charge < -0.3 is 9.84 Å². The first-order valence-corrected chi connectivity index (χ1v) is 8.40. The lowest BCUT2D eigenvalue weighted by molar-refractivity contribution is -0.274. The Labute approximate surface area is 167 Å². The molecule has 156 valence electrons. The predicted molar refractivity (Wildman–Crippen MR) is 94.9 cm³/mol. The number of aliphatic carboxylic acids is 1. The number of anilines is 1. The second kappa shape index (κ2) is 7.85. The highest BCUT2D eigenvalue weighted by molar-refractivity contribution is 6.22. The number of fused-ring (bicyclic) bond motifs is 1. The third kappa shape index (κ3) is 4.40. The van der Waals surface area contributed by atoms with Crippen LogP contribution in [0.2, 0.25) is 0 Å². The van der Waals surface area contributed by atoms with Gasteiger partial charge in [0.25, 0.3) is 11.8 Å². The van der Waals surface area contributed by atoms with Crippen LogP contribution in [0, 0.1) is 0 Å². The molecule has 0 saturated carbocycles. The number of hydrogen-bond acceptors (Lipinski definition) is 5. The highest BCUT2D eigenvalue weighted by Crippen LogP contribution is 2.28. The Bertz CT molecular complexity index is 1000. The quantitative estimate of drug-likeness (QED) is 0.717. The van der Waals surface area contributed by atoms with Crippen molar-refractivity contribution in [3.05, 3.63) is 59.7 Å². The zero-order chi connectivity index (χ0) is 22.1. The van der Waals surface area contributed by atoms with Gasteiger partial charge in [0.05, 0.1) is 11.1 Å². The minimum Gasteiger partial charge on any atom is -0.480 e. The number of carboxylic acid groups (broad SMARTS) is 1. The number of rotatable bonds is 6. The number of imide groups is 1. The third-order valence-electron chi connectivity index (χ3n) is 4.13. The van der Waals surface area contributed by atoms with E-state index in [1.54, 1.807) is 0 Å². The van der Waals surface area contributed by atoms with Gasteiger partial charge in [-0.3, -0.25) is 29.0 Å². The summed E-state index contributed by atoms with van der Waals surface area (Å²) in [6, 6.07) is 10.0. The summed E-state index contributed by atoms with van der Waals surface area (Å²) in [5.41, 5.74) is -0.0120. The largest absolute Gasteiger partial charge is 0.573 e. The summed E-state index contributed by atoms with van der Waals surface area (Å²) in [6.45, 7) is -1.69. The van der Waals surface area contributed by atoms with E-state index >= 15 is 0 Å². The molecular weight excluding hydrogens is 409 g/mol. The topological polar surface area (TPSA) is 104 Å². The number of halogens is 3. The lowest BCUT2D eigenvalue weighted by Crippen LogP contribution is -2.44. The highest BCUT2D eigenvalue weighted by atomic mass is 19.4. The van der Waals surface area contributed by atoms with Gasteiger partial charge in [0.1, 0.15) is 18.8 Å². The van der Waals surface area contributed by atoms with Crippen LogP contribution in [-0.2, 0) is 9.59 Å².